The van der Waals surface area contributed by atoms with Gasteiger partial charge in [0.2, 0.25) is 0 Å². The third-order valence-electron chi connectivity index (χ3n) is 4.02. The molecular formula is C17H18N4O. The molecule has 0 saturated carbocycles. The van der Waals surface area contributed by atoms with Crippen molar-refractivity contribution in [2.24, 2.45) is 0 Å². The van der Waals surface area contributed by atoms with Crippen molar-refractivity contribution in [3.05, 3.63) is 54.4 Å². The Kier molecular flexibility index (Phi) is 3.58. The molecule has 1 aliphatic rings. The van der Waals surface area contributed by atoms with Crippen LogP contribution in [0.2, 0.25) is 0 Å². The molecule has 5 heteroatoms. The summed E-state index contributed by atoms with van der Waals surface area (Å²) in [4.78, 5) is 7.02. The summed E-state index contributed by atoms with van der Waals surface area (Å²) in [5, 5.41) is 4.37. The predicted octanol–water partition coefficient (Wildman–Crippen LogP) is 2.23. The quantitative estimate of drug-likeness (QED) is 0.743. The van der Waals surface area contributed by atoms with Crippen LogP contribution in [0.5, 0.6) is 0 Å². The third kappa shape index (κ3) is 2.61. The van der Waals surface area contributed by atoms with Crippen molar-refractivity contribution in [3.8, 4) is 11.4 Å². The number of aromatic nitrogens is 3. The highest BCUT2D eigenvalue weighted by Crippen LogP contribution is 2.19. The summed E-state index contributed by atoms with van der Waals surface area (Å²) in [5.74, 6) is 0. The minimum Gasteiger partial charge on any atom is -0.379 e. The molecule has 22 heavy (non-hydrogen) atoms. The van der Waals surface area contributed by atoms with Gasteiger partial charge in [-0.1, -0.05) is 12.1 Å². The smallest absolute Gasteiger partial charge is 0.0909 e. The number of nitrogens with zero attached hydrogens (tertiary/aromatic N) is 4. The number of ether oxygens (including phenoxy) is 1. The van der Waals surface area contributed by atoms with Crippen LogP contribution in [0.1, 0.15) is 5.56 Å². The van der Waals surface area contributed by atoms with Crippen molar-refractivity contribution in [1.29, 1.82) is 0 Å². The normalized spacial score (nSPS) is 16.2. The molecule has 0 amide bonds. The molecule has 0 spiro atoms. The van der Waals surface area contributed by atoms with Crippen LogP contribution in [0, 0.1) is 0 Å². The molecular weight excluding hydrogens is 276 g/mol. The molecule has 0 radical (unpaired) electrons. The van der Waals surface area contributed by atoms with E-state index in [1.54, 1.807) is 0 Å². The van der Waals surface area contributed by atoms with Crippen molar-refractivity contribution in [2.45, 2.75) is 6.54 Å². The SMILES string of the molecule is c1cc(-c2ccc(CN3CCOCC3)cn2)n2nccc2c1. The van der Waals surface area contributed by atoms with Gasteiger partial charge < -0.3 is 4.74 Å². The molecule has 5 nitrogen and oxygen atoms in total. The lowest BCUT2D eigenvalue weighted by Gasteiger charge is -2.26. The van der Waals surface area contributed by atoms with Gasteiger partial charge in [-0.05, 0) is 29.8 Å². The first-order valence-corrected chi connectivity index (χ1v) is 7.58. The lowest BCUT2D eigenvalue weighted by atomic mass is 10.2. The van der Waals surface area contributed by atoms with Crippen molar-refractivity contribution < 1.29 is 4.74 Å². The molecule has 0 aliphatic carbocycles. The number of morpholine rings is 1. The topological polar surface area (TPSA) is 42.7 Å². The van der Waals surface area contributed by atoms with Crippen LogP contribution in [0.15, 0.2) is 48.8 Å². The lowest BCUT2D eigenvalue weighted by Crippen LogP contribution is -2.35. The third-order valence-corrected chi connectivity index (χ3v) is 4.02. The van der Waals surface area contributed by atoms with Gasteiger partial charge in [0.05, 0.1) is 36.3 Å². The van der Waals surface area contributed by atoms with Gasteiger partial charge in [-0.2, -0.15) is 5.10 Å². The maximum Gasteiger partial charge on any atom is 0.0909 e. The van der Waals surface area contributed by atoms with Gasteiger partial charge in [0.1, 0.15) is 0 Å². The van der Waals surface area contributed by atoms with Crippen LogP contribution < -0.4 is 0 Å². The zero-order valence-corrected chi connectivity index (χ0v) is 12.4. The number of hydrogen-bond acceptors (Lipinski definition) is 4. The van der Waals surface area contributed by atoms with Gasteiger partial charge in [-0.15, -0.1) is 0 Å². The highest BCUT2D eigenvalue weighted by atomic mass is 16.5. The Morgan fingerprint density at radius 1 is 1.05 bits per heavy atom. The van der Waals surface area contributed by atoms with E-state index >= 15 is 0 Å². The lowest BCUT2D eigenvalue weighted by molar-refractivity contribution is 0.0341. The summed E-state index contributed by atoms with van der Waals surface area (Å²) in [5.41, 5.74) is 4.27. The molecule has 4 heterocycles. The number of hydrogen-bond donors (Lipinski definition) is 0. The van der Waals surface area contributed by atoms with Crippen molar-refractivity contribution in [1.82, 2.24) is 19.5 Å². The Bertz CT molecular complexity index is 760. The highest BCUT2D eigenvalue weighted by Gasteiger charge is 2.11. The first-order valence-electron chi connectivity index (χ1n) is 7.58. The van der Waals surface area contributed by atoms with Gasteiger partial charge in [-0.25, -0.2) is 4.52 Å². The van der Waals surface area contributed by atoms with E-state index in [9.17, 15) is 0 Å². The van der Waals surface area contributed by atoms with Gasteiger partial charge in [0.15, 0.2) is 0 Å². The summed E-state index contributed by atoms with van der Waals surface area (Å²) < 4.78 is 7.30. The predicted molar refractivity (Wildman–Crippen MR) is 84.5 cm³/mol. The monoisotopic (exact) mass is 294 g/mol. The second-order valence-corrected chi connectivity index (χ2v) is 5.52. The van der Waals surface area contributed by atoms with Crippen LogP contribution in [-0.2, 0) is 11.3 Å². The van der Waals surface area contributed by atoms with Crippen molar-refractivity contribution in [3.63, 3.8) is 0 Å². The second-order valence-electron chi connectivity index (χ2n) is 5.52. The van der Waals surface area contributed by atoms with E-state index in [2.05, 4.69) is 27.1 Å². The first-order chi connectivity index (χ1) is 10.9. The molecule has 1 aliphatic heterocycles. The Morgan fingerprint density at radius 2 is 1.95 bits per heavy atom. The second kappa shape index (κ2) is 5.87. The Balaban J connectivity index is 1.57. The van der Waals surface area contributed by atoms with E-state index in [0.29, 0.717) is 0 Å². The number of rotatable bonds is 3. The van der Waals surface area contributed by atoms with E-state index in [4.69, 9.17) is 4.74 Å². The number of fused-ring (bicyclic) bond motifs is 1. The Morgan fingerprint density at radius 3 is 2.77 bits per heavy atom. The van der Waals surface area contributed by atoms with E-state index in [1.807, 2.05) is 41.2 Å². The van der Waals surface area contributed by atoms with Crippen LogP contribution in [0.4, 0.5) is 0 Å². The molecule has 112 valence electrons. The molecule has 0 unspecified atom stereocenters. The van der Waals surface area contributed by atoms with Gasteiger partial charge >= 0.3 is 0 Å². The summed E-state index contributed by atoms with van der Waals surface area (Å²) in [6.45, 7) is 4.57. The fraction of sp³-hybridized carbons (Fsp3) is 0.294. The highest BCUT2D eigenvalue weighted by molar-refractivity contribution is 5.61. The van der Waals surface area contributed by atoms with Gasteiger partial charge in [-0.3, -0.25) is 9.88 Å². The summed E-state index contributed by atoms with van der Waals surface area (Å²) in [7, 11) is 0. The molecule has 0 atom stereocenters. The molecule has 1 fully saturated rings. The minimum atomic E-state index is 0.826. The molecule has 3 aromatic rings. The van der Waals surface area contributed by atoms with E-state index < -0.39 is 0 Å². The molecule has 0 bridgehead atoms. The summed E-state index contributed by atoms with van der Waals surface area (Å²) in [6, 6.07) is 12.4. The van der Waals surface area contributed by atoms with Gasteiger partial charge in [0.25, 0.3) is 0 Å². The molecule has 3 aromatic heterocycles. The Labute approximate surface area is 129 Å². The zero-order valence-electron chi connectivity index (χ0n) is 12.4. The van der Waals surface area contributed by atoms with Crippen LogP contribution in [0.3, 0.4) is 0 Å². The first kappa shape index (κ1) is 13.4. The average Bonchev–Trinajstić information content (AvgIpc) is 3.05. The fourth-order valence-corrected chi connectivity index (χ4v) is 2.83. The molecule has 1 saturated heterocycles. The Hall–Kier alpha value is -2.24. The maximum absolute atomic E-state index is 5.38. The van der Waals surface area contributed by atoms with E-state index in [0.717, 1.165) is 49.8 Å². The summed E-state index contributed by atoms with van der Waals surface area (Å²) in [6.07, 6.45) is 3.78. The zero-order chi connectivity index (χ0) is 14.8. The standard InChI is InChI=1S/C17H18N4O/c1-2-15-6-7-19-21(15)17(3-1)16-5-4-14(12-18-16)13-20-8-10-22-11-9-20/h1-7,12H,8-11,13H2. The fourth-order valence-electron chi connectivity index (χ4n) is 2.83. The van der Waals surface area contributed by atoms with Crippen molar-refractivity contribution in [2.75, 3.05) is 26.3 Å². The maximum atomic E-state index is 5.38. The molecule has 4 rings (SSSR count). The van der Waals surface area contributed by atoms with E-state index in [-0.39, 0.29) is 0 Å². The molecule has 0 N–H and O–H groups in total. The van der Waals surface area contributed by atoms with Crippen LogP contribution in [-0.4, -0.2) is 45.8 Å². The number of pyridine rings is 2. The summed E-state index contributed by atoms with van der Waals surface area (Å²) >= 11 is 0. The van der Waals surface area contributed by atoms with Crippen LogP contribution >= 0.6 is 0 Å². The van der Waals surface area contributed by atoms with E-state index in [1.165, 1.54) is 5.56 Å². The minimum absolute atomic E-state index is 0.826. The largest absolute Gasteiger partial charge is 0.379 e. The molecule has 0 aromatic carbocycles. The van der Waals surface area contributed by atoms with Gasteiger partial charge in [0, 0.05) is 25.8 Å². The average molecular weight is 294 g/mol. The van der Waals surface area contributed by atoms with Crippen LogP contribution in [0.25, 0.3) is 16.9 Å². The van der Waals surface area contributed by atoms with Crippen molar-refractivity contribution >= 4 is 5.52 Å².